The van der Waals surface area contributed by atoms with Gasteiger partial charge in [-0.25, -0.2) is 4.79 Å². The van der Waals surface area contributed by atoms with Crippen molar-refractivity contribution in [2.75, 3.05) is 19.0 Å². The van der Waals surface area contributed by atoms with Crippen LogP contribution in [0.2, 0.25) is 0 Å². The predicted octanol–water partition coefficient (Wildman–Crippen LogP) is 3.61. The van der Waals surface area contributed by atoms with Crippen molar-refractivity contribution >= 4 is 17.6 Å². The van der Waals surface area contributed by atoms with Crippen LogP contribution in [0.5, 0.6) is 5.75 Å². The summed E-state index contributed by atoms with van der Waals surface area (Å²) in [5.74, 6) is 0.0912. The van der Waals surface area contributed by atoms with E-state index in [1.807, 2.05) is 18.2 Å². The zero-order valence-electron chi connectivity index (χ0n) is 16.2. The molecule has 3 aromatic rings. The van der Waals surface area contributed by atoms with Crippen molar-refractivity contribution in [1.82, 2.24) is 10.2 Å². The smallest absolute Gasteiger partial charge is 0.338 e. The van der Waals surface area contributed by atoms with Crippen LogP contribution in [-0.2, 0) is 17.6 Å². The van der Waals surface area contributed by atoms with Gasteiger partial charge < -0.3 is 14.8 Å². The molecule has 0 aliphatic heterocycles. The van der Waals surface area contributed by atoms with Crippen LogP contribution in [0.4, 0.5) is 5.69 Å². The van der Waals surface area contributed by atoms with Crippen LogP contribution in [0, 0.1) is 0 Å². The number of methoxy groups -OCH3 is 1. The molecule has 0 radical (unpaired) electrons. The lowest BCUT2D eigenvalue weighted by Crippen LogP contribution is -2.16. The lowest BCUT2D eigenvalue weighted by atomic mass is 9.89. The number of aromatic amines is 1. The van der Waals surface area contributed by atoms with Gasteiger partial charge >= 0.3 is 5.97 Å². The Hall–Kier alpha value is -3.61. The van der Waals surface area contributed by atoms with Gasteiger partial charge in [-0.15, -0.1) is 0 Å². The Labute approximate surface area is 168 Å². The minimum absolute atomic E-state index is 0.295. The summed E-state index contributed by atoms with van der Waals surface area (Å²) < 4.78 is 10.3. The summed E-state index contributed by atoms with van der Waals surface area (Å²) in [6, 6.07) is 12.5. The van der Waals surface area contributed by atoms with Gasteiger partial charge in [-0.3, -0.25) is 9.89 Å². The van der Waals surface area contributed by atoms with Crippen molar-refractivity contribution in [1.29, 1.82) is 0 Å². The Balaban J connectivity index is 1.58. The number of carbonyl (C=O) groups excluding carboxylic acids is 2. The maximum Gasteiger partial charge on any atom is 0.338 e. The number of hydrogen-bond donors (Lipinski definition) is 2. The van der Waals surface area contributed by atoms with E-state index >= 15 is 0 Å². The van der Waals surface area contributed by atoms with Crippen molar-refractivity contribution in [3.63, 3.8) is 0 Å². The summed E-state index contributed by atoms with van der Waals surface area (Å²) >= 11 is 0. The van der Waals surface area contributed by atoms with Crippen molar-refractivity contribution < 1.29 is 19.1 Å². The molecule has 0 atom stereocenters. The van der Waals surface area contributed by atoms with Crippen LogP contribution < -0.4 is 10.1 Å². The second-order valence-electron chi connectivity index (χ2n) is 6.70. The van der Waals surface area contributed by atoms with E-state index in [1.54, 1.807) is 38.3 Å². The predicted molar refractivity (Wildman–Crippen MR) is 108 cm³/mol. The molecule has 2 N–H and O–H groups in total. The molecule has 0 saturated carbocycles. The number of anilines is 1. The Morgan fingerprint density at radius 3 is 2.83 bits per heavy atom. The Bertz CT molecular complexity index is 1090. The lowest BCUT2D eigenvalue weighted by molar-refractivity contribution is 0.0526. The molecule has 1 aromatic heterocycles. The van der Waals surface area contributed by atoms with Crippen molar-refractivity contribution in [3.8, 4) is 17.0 Å². The molecule has 1 heterocycles. The molecule has 0 saturated heterocycles. The number of amides is 1. The van der Waals surface area contributed by atoms with E-state index in [1.165, 1.54) is 0 Å². The van der Waals surface area contributed by atoms with Crippen LogP contribution in [-0.4, -0.2) is 35.8 Å². The number of carbonyl (C=O) groups is 2. The number of nitrogens with one attached hydrogen (secondary N) is 2. The molecule has 0 fully saturated rings. The average molecular weight is 391 g/mol. The third-order valence-corrected chi connectivity index (χ3v) is 4.94. The van der Waals surface area contributed by atoms with Gasteiger partial charge in [0, 0.05) is 16.8 Å². The second kappa shape index (κ2) is 7.79. The molecule has 7 heteroatoms. The standard InChI is InChI=1S/C22H21N3O4/c1-3-29-22(27)14-5-4-6-15(11-14)23-21(26)20-18-9-7-13-12-16(28-2)8-10-17(13)19(18)24-25-20/h4-6,8,10-12H,3,7,9H2,1-2H3,(H,23,26)(H,24,25). The third kappa shape index (κ3) is 3.59. The fraction of sp³-hybridized carbons (Fsp3) is 0.227. The molecule has 1 amide bonds. The molecule has 29 heavy (non-hydrogen) atoms. The minimum Gasteiger partial charge on any atom is -0.497 e. The number of benzene rings is 2. The first-order valence-electron chi connectivity index (χ1n) is 9.43. The zero-order valence-corrected chi connectivity index (χ0v) is 16.2. The number of aryl methyl sites for hydroxylation is 1. The fourth-order valence-corrected chi connectivity index (χ4v) is 3.55. The van der Waals surface area contributed by atoms with Gasteiger partial charge in [-0.05, 0) is 61.7 Å². The van der Waals surface area contributed by atoms with E-state index < -0.39 is 5.97 Å². The average Bonchev–Trinajstić information content (AvgIpc) is 3.18. The number of aromatic nitrogens is 2. The maximum atomic E-state index is 12.8. The van der Waals surface area contributed by atoms with Gasteiger partial charge in [0.25, 0.3) is 5.91 Å². The summed E-state index contributed by atoms with van der Waals surface area (Å²) in [6.07, 6.45) is 1.51. The number of ether oxygens (including phenoxy) is 2. The van der Waals surface area contributed by atoms with Gasteiger partial charge in [-0.2, -0.15) is 5.10 Å². The normalized spacial score (nSPS) is 11.9. The summed E-state index contributed by atoms with van der Waals surface area (Å²) in [5.41, 5.74) is 5.18. The Kier molecular flexibility index (Phi) is 5.03. The lowest BCUT2D eigenvalue weighted by Gasteiger charge is -2.17. The van der Waals surface area contributed by atoms with Crippen LogP contribution in [0.15, 0.2) is 42.5 Å². The van der Waals surface area contributed by atoms with Crippen LogP contribution in [0.1, 0.15) is 38.9 Å². The first-order chi connectivity index (χ1) is 14.1. The Morgan fingerprint density at radius 1 is 1.17 bits per heavy atom. The van der Waals surface area contributed by atoms with Gasteiger partial charge in [0.2, 0.25) is 0 Å². The van der Waals surface area contributed by atoms with E-state index in [0.717, 1.165) is 34.6 Å². The first-order valence-corrected chi connectivity index (χ1v) is 9.43. The van der Waals surface area contributed by atoms with Crippen molar-refractivity contribution in [2.45, 2.75) is 19.8 Å². The zero-order chi connectivity index (χ0) is 20.4. The maximum absolute atomic E-state index is 12.8. The topological polar surface area (TPSA) is 93.3 Å². The number of rotatable bonds is 5. The molecule has 1 aliphatic carbocycles. The highest BCUT2D eigenvalue weighted by molar-refractivity contribution is 6.05. The number of hydrogen-bond acceptors (Lipinski definition) is 5. The van der Waals surface area contributed by atoms with Crippen LogP contribution >= 0.6 is 0 Å². The number of nitrogens with zero attached hydrogens (tertiary/aromatic N) is 1. The summed E-state index contributed by atoms with van der Waals surface area (Å²) in [5, 5.41) is 10.1. The Morgan fingerprint density at radius 2 is 2.03 bits per heavy atom. The quantitative estimate of drug-likeness (QED) is 0.648. The molecule has 0 bridgehead atoms. The van der Waals surface area contributed by atoms with E-state index in [9.17, 15) is 9.59 Å². The first kappa shape index (κ1) is 18.7. The molecule has 0 unspecified atom stereocenters. The van der Waals surface area contributed by atoms with E-state index in [2.05, 4.69) is 15.5 Å². The fourth-order valence-electron chi connectivity index (χ4n) is 3.55. The second-order valence-corrected chi connectivity index (χ2v) is 6.70. The van der Waals surface area contributed by atoms with Gasteiger partial charge in [0.05, 0.1) is 25.0 Å². The van der Waals surface area contributed by atoms with Gasteiger partial charge in [0.1, 0.15) is 11.4 Å². The molecule has 1 aliphatic rings. The van der Waals surface area contributed by atoms with Crippen LogP contribution in [0.3, 0.4) is 0 Å². The van der Waals surface area contributed by atoms with Gasteiger partial charge in [-0.1, -0.05) is 6.07 Å². The third-order valence-electron chi connectivity index (χ3n) is 4.94. The minimum atomic E-state index is -0.422. The molecule has 0 spiro atoms. The summed E-state index contributed by atoms with van der Waals surface area (Å²) in [7, 11) is 1.64. The molecule has 7 nitrogen and oxygen atoms in total. The number of esters is 1. The highest BCUT2D eigenvalue weighted by atomic mass is 16.5. The molecule has 148 valence electrons. The van der Waals surface area contributed by atoms with Crippen molar-refractivity contribution in [3.05, 3.63) is 64.8 Å². The molecular weight excluding hydrogens is 370 g/mol. The highest BCUT2D eigenvalue weighted by Crippen LogP contribution is 2.35. The molecule has 4 rings (SSSR count). The van der Waals surface area contributed by atoms with Crippen LogP contribution in [0.25, 0.3) is 11.3 Å². The van der Waals surface area contributed by atoms with E-state index in [4.69, 9.17) is 9.47 Å². The number of fused-ring (bicyclic) bond motifs is 3. The highest BCUT2D eigenvalue weighted by Gasteiger charge is 2.25. The monoisotopic (exact) mass is 391 g/mol. The SMILES string of the molecule is CCOC(=O)c1cccc(NC(=O)c2[nH]nc3c2CCc2cc(OC)ccc2-3)c1. The van der Waals surface area contributed by atoms with E-state index in [0.29, 0.717) is 30.0 Å². The molecule has 2 aromatic carbocycles. The summed E-state index contributed by atoms with van der Waals surface area (Å²) in [6.45, 7) is 2.04. The number of H-pyrrole nitrogens is 1. The summed E-state index contributed by atoms with van der Waals surface area (Å²) in [4.78, 5) is 24.8. The molecular formula is C22H21N3O4. The van der Waals surface area contributed by atoms with E-state index in [-0.39, 0.29) is 5.91 Å². The van der Waals surface area contributed by atoms with Crippen molar-refractivity contribution in [2.24, 2.45) is 0 Å². The van der Waals surface area contributed by atoms with Gasteiger partial charge in [0.15, 0.2) is 0 Å². The largest absolute Gasteiger partial charge is 0.497 e.